The van der Waals surface area contributed by atoms with Crippen LogP contribution in [0.15, 0.2) is 48.5 Å². The van der Waals surface area contributed by atoms with Crippen molar-refractivity contribution in [1.82, 2.24) is 9.97 Å². The Hall–Kier alpha value is -2.40. The van der Waals surface area contributed by atoms with Gasteiger partial charge >= 0.3 is 0 Å². The molecular weight excluding hydrogens is 363 g/mol. The summed E-state index contributed by atoms with van der Waals surface area (Å²) in [5.74, 6) is 1.39. The Bertz CT molecular complexity index is 894. The number of piperidine rings is 1. The van der Waals surface area contributed by atoms with Gasteiger partial charge in [-0.15, -0.1) is 12.4 Å². The summed E-state index contributed by atoms with van der Waals surface area (Å²) in [6, 6.07) is 14.7. The van der Waals surface area contributed by atoms with E-state index in [1.54, 1.807) is 0 Å². The van der Waals surface area contributed by atoms with Crippen molar-refractivity contribution in [3.63, 3.8) is 0 Å². The number of hydrogen-bond acceptors (Lipinski definition) is 4. The average molecular weight is 387 g/mol. The van der Waals surface area contributed by atoms with Gasteiger partial charge in [-0.05, 0) is 56.0 Å². The van der Waals surface area contributed by atoms with Crippen molar-refractivity contribution in [2.75, 3.05) is 23.3 Å². The van der Waals surface area contributed by atoms with E-state index in [1.807, 2.05) is 36.4 Å². The number of para-hydroxylation sites is 1. The number of halogens is 2. The van der Waals surface area contributed by atoms with Crippen molar-refractivity contribution < 1.29 is 4.39 Å². The fourth-order valence-electron chi connectivity index (χ4n) is 3.45. The third-order valence-electron chi connectivity index (χ3n) is 4.95. The molecule has 0 radical (unpaired) electrons. The molecule has 0 unspecified atom stereocenters. The molecule has 1 N–H and O–H groups in total. The maximum atomic E-state index is 13.2. The van der Waals surface area contributed by atoms with Crippen LogP contribution in [-0.4, -0.2) is 23.1 Å². The highest BCUT2D eigenvalue weighted by atomic mass is 35.5. The summed E-state index contributed by atoms with van der Waals surface area (Å²) in [6.45, 7) is 4.07. The number of aromatic nitrogens is 2. The van der Waals surface area contributed by atoms with E-state index in [-0.39, 0.29) is 24.3 Å². The van der Waals surface area contributed by atoms with E-state index >= 15 is 0 Å². The van der Waals surface area contributed by atoms with Gasteiger partial charge in [0.2, 0.25) is 5.95 Å². The molecule has 1 aliphatic heterocycles. The minimum Gasteiger partial charge on any atom is -0.363 e. The number of nitrogens with zero attached hydrogens (tertiary/aromatic N) is 3. The fraction of sp³-hybridized carbons (Fsp3) is 0.333. The molecule has 4 rings (SSSR count). The Morgan fingerprint density at radius 3 is 2.41 bits per heavy atom. The molecule has 0 amide bonds. The first kappa shape index (κ1) is 19.4. The van der Waals surface area contributed by atoms with Crippen LogP contribution in [0.3, 0.4) is 0 Å². The minimum absolute atomic E-state index is 0. The van der Waals surface area contributed by atoms with Gasteiger partial charge in [0.15, 0.2) is 0 Å². The molecule has 0 spiro atoms. The normalized spacial score (nSPS) is 15.3. The van der Waals surface area contributed by atoms with E-state index in [4.69, 9.17) is 9.97 Å². The first-order valence-electron chi connectivity index (χ1n) is 9.24. The zero-order valence-electron chi connectivity index (χ0n) is 15.4. The Morgan fingerprint density at radius 2 is 1.67 bits per heavy atom. The molecule has 4 nitrogen and oxygen atoms in total. The molecule has 1 aliphatic rings. The molecule has 1 aromatic heterocycles. The number of rotatable bonds is 4. The smallest absolute Gasteiger partial charge is 0.227 e. The molecular formula is C21H24ClFN4. The second kappa shape index (κ2) is 8.53. The van der Waals surface area contributed by atoms with Crippen LogP contribution in [0, 0.1) is 5.82 Å². The number of nitrogens with one attached hydrogen (secondary N) is 1. The van der Waals surface area contributed by atoms with Gasteiger partial charge in [0.05, 0.1) is 5.52 Å². The first-order chi connectivity index (χ1) is 12.7. The highest BCUT2D eigenvalue weighted by Crippen LogP contribution is 2.28. The van der Waals surface area contributed by atoms with Gasteiger partial charge < -0.3 is 10.2 Å². The van der Waals surface area contributed by atoms with Crippen LogP contribution >= 0.6 is 12.4 Å². The quantitative estimate of drug-likeness (QED) is 0.655. The predicted octanol–water partition coefficient (Wildman–Crippen LogP) is 5.35. The minimum atomic E-state index is -0.221. The summed E-state index contributed by atoms with van der Waals surface area (Å²) >= 11 is 0. The second-order valence-corrected chi connectivity index (χ2v) is 6.85. The van der Waals surface area contributed by atoms with E-state index in [0.717, 1.165) is 41.3 Å². The highest BCUT2D eigenvalue weighted by Gasteiger charge is 2.17. The number of hydrogen-bond donors (Lipinski definition) is 1. The van der Waals surface area contributed by atoms with Crippen LogP contribution in [0.25, 0.3) is 10.9 Å². The number of benzene rings is 2. The van der Waals surface area contributed by atoms with Crippen LogP contribution in [0.5, 0.6) is 0 Å². The predicted molar refractivity (Wildman–Crippen MR) is 111 cm³/mol. The lowest BCUT2D eigenvalue weighted by molar-refractivity contribution is 0.569. The highest BCUT2D eigenvalue weighted by molar-refractivity contribution is 5.90. The fourth-order valence-corrected chi connectivity index (χ4v) is 3.45. The molecule has 1 atom stereocenters. The van der Waals surface area contributed by atoms with Crippen molar-refractivity contribution in [2.45, 2.75) is 32.2 Å². The lowest BCUT2D eigenvalue weighted by Crippen LogP contribution is -2.31. The number of anilines is 2. The van der Waals surface area contributed by atoms with E-state index in [2.05, 4.69) is 17.1 Å². The lowest BCUT2D eigenvalue weighted by Gasteiger charge is -2.27. The third-order valence-corrected chi connectivity index (χ3v) is 4.95. The van der Waals surface area contributed by atoms with Crippen molar-refractivity contribution in [1.29, 1.82) is 0 Å². The largest absolute Gasteiger partial charge is 0.363 e. The van der Waals surface area contributed by atoms with Gasteiger partial charge in [-0.25, -0.2) is 9.37 Å². The summed E-state index contributed by atoms with van der Waals surface area (Å²) in [4.78, 5) is 11.9. The first-order valence-corrected chi connectivity index (χ1v) is 9.24. The zero-order valence-corrected chi connectivity index (χ0v) is 16.2. The molecule has 27 heavy (non-hydrogen) atoms. The maximum Gasteiger partial charge on any atom is 0.227 e. The zero-order chi connectivity index (χ0) is 17.9. The van der Waals surface area contributed by atoms with Gasteiger partial charge in [-0.1, -0.05) is 24.3 Å². The number of fused-ring (bicyclic) bond motifs is 1. The lowest BCUT2D eigenvalue weighted by atomic mass is 10.1. The topological polar surface area (TPSA) is 41.1 Å². The summed E-state index contributed by atoms with van der Waals surface area (Å²) in [6.07, 6.45) is 3.65. The second-order valence-electron chi connectivity index (χ2n) is 6.85. The van der Waals surface area contributed by atoms with Gasteiger partial charge in [0.1, 0.15) is 11.6 Å². The van der Waals surface area contributed by atoms with Gasteiger partial charge in [-0.3, -0.25) is 0 Å². The molecule has 3 aromatic rings. The SMILES string of the molecule is C[C@@H](Nc1nc(N2CCCCC2)nc2ccccc12)c1ccc(F)cc1.Cl. The molecule has 6 heteroatoms. The molecule has 1 saturated heterocycles. The Labute approximate surface area is 165 Å². The van der Waals surface area contributed by atoms with Gasteiger partial charge in [-0.2, -0.15) is 4.98 Å². The summed E-state index contributed by atoms with van der Waals surface area (Å²) < 4.78 is 13.2. The van der Waals surface area contributed by atoms with Crippen molar-refractivity contribution in [3.05, 3.63) is 59.9 Å². The van der Waals surface area contributed by atoms with Crippen LogP contribution in [0.1, 0.15) is 37.8 Å². The van der Waals surface area contributed by atoms with Crippen molar-refractivity contribution in [3.8, 4) is 0 Å². The van der Waals surface area contributed by atoms with Crippen LogP contribution < -0.4 is 10.2 Å². The summed E-state index contributed by atoms with van der Waals surface area (Å²) in [5, 5.41) is 4.50. The standard InChI is InChI=1S/C21H23FN4.ClH/c1-15(16-9-11-17(22)12-10-16)23-20-18-7-3-4-8-19(18)24-21(25-20)26-13-5-2-6-14-26;/h3-4,7-12,15H,2,5-6,13-14H2,1H3,(H,23,24,25);1H/t15-;/m1./s1. The molecule has 0 bridgehead atoms. The van der Waals surface area contributed by atoms with E-state index < -0.39 is 0 Å². The third kappa shape index (κ3) is 4.30. The van der Waals surface area contributed by atoms with Crippen LogP contribution in [0.4, 0.5) is 16.2 Å². The summed E-state index contributed by atoms with van der Waals surface area (Å²) in [5.41, 5.74) is 1.96. The van der Waals surface area contributed by atoms with E-state index in [1.165, 1.54) is 31.4 Å². The maximum absolute atomic E-state index is 13.2. The van der Waals surface area contributed by atoms with Crippen LogP contribution in [-0.2, 0) is 0 Å². The van der Waals surface area contributed by atoms with E-state index in [0.29, 0.717) is 0 Å². The Kier molecular flexibility index (Phi) is 6.11. The van der Waals surface area contributed by atoms with Gasteiger partial charge in [0, 0.05) is 24.5 Å². The van der Waals surface area contributed by atoms with Crippen molar-refractivity contribution in [2.24, 2.45) is 0 Å². The molecule has 142 valence electrons. The summed E-state index contributed by atoms with van der Waals surface area (Å²) in [7, 11) is 0. The molecule has 2 aromatic carbocycles. The Balaban J connectivity index is 0.00000210. The molecule has 0 aliphatic carbocycles. The van der Waals surface area contributed by atoms with Crippen LogP contribution in [0.2, 0.25) is 0 Å². The Morgan fingerprint density at radius 1 is 0.963 bits per heavy atom. The molecule has 0 saturated carbocycles. The average Bonchev–Trinajstić information content (AvgIpc) is 2.69. The van der Waals surface area contributed by atoms with Crippen molar-refractivity contribution >= 4 is 35.1 Å². The molecule has 2 heterocycles. The van der Waals surface area contributed by atoms with Gasteiger partial charge in [0.25, 0.3) is 0 Å². The molecule has 1 fully saturated rings. The monoisotopic (exact) mass is 386 g/mol. The van der Waals surface area contributed by atoms with E-state index in [9.17, 15) is 4.39 Å².